The van der Waals surface area contributed by atoms with Crippen LogP contribution in [-0.2, 0) is 16.6 Å². The Bertz CT molecular complexity index is 711. The molecular formula is C16H23N5O3. The molecule has 0 aromatic carbocycles. The van der Waals surface area contributed by atoms with Crippen LogP contribution in [0, 0.1) is 13.8 Å². The number of carbonyl (C=O) groups excluding carboxylic acids is 3. The third-order valence-corrected chi connectivity index (χ3v) is 4.91. The van der Waals surface area contributed by atoms with Crippen LogP contribution >= 0.6 is 0 Å². The molecule has 1 N–H and O–H groups in total. The minimum Gasteiger partial charge on any atom is -0.352 e. The Hall–Kier alpha value is -2.38. The van der Waals surface area contributed by atoms with Crippen LogP contribution in [-0.4, -0.2) is 69.0 Å². The Balaban J connectivity index is 1.77. The summed E-state index contributed by atoms with van der Waals surface area (Å²) in [5.41, 5.74) is 2.06. The summed E-state index contributed by atoms with van der Waals surface area (Å²) in [6.07, 6.45) is 0.681. The van der Waals surface area contributed by atoms with E-state index in [1.165, 1.54) is 6.92 Å². The predicted molar refractivity (Wildman–Crippen MR) is 86.3 cm³/mol. The maximum atomic E-state index is 12.9. The molecule has 3 amide bonds. The number of aromatic nitrogens is 2. The standard InChI is InChI=1S/C16H23N5O3/c1-9-15(10(2)19(4)18-9)16(24)20-7-13-5-12(17-11(3)22)6-21(13)14(23)8-20/h12-13H,5-8H2,1-4H3,(H,17,22)/t12-,13-/m0/s1. The fourth-order valence-electron chi connectivity index (χ4n) is 3.76. The maximum absolute atomic E-state index is 12.9. The Labute approximate surface area is 140 Å². The monoisotopic (exact) mass is 333 g/mol. The summed E-state index contributed by atoms with van der Waals surface area (Å²) in [7, 11) is 1.80. The molecule has 8 heteroatoms. The number of nitrogens with one attached hydrogen (secondary N) is 1. The lowest BCUT2D eigenvalue weighted by molar-refractivity contribution is -0.136. The highest BCUT2D eigenvalue weighted by Gasteiger charge is 2.42. The fraction of sp³-hybridized carbons (Fsp3) is 0.625. The van der Waals surface area contributed by atoms with Crippen molar-refractivity contribution in [3.8, 4) is 0 Å². The largest absolute Gasteiger partial charge is 0.352 e. The summed E-state index contributed by atoms with van der Waals surface area (Å²) in [5.74, 6) is -0.303. The number of aryl methyl sites for hydroxylation is 2. The number of rotatable bonds is 2. The van der Waals surface area contributed by atoms with Crippen molar-refractivity contribution in [2.75, 3.05) is 19.6 Å². The van der Waals surface area contributed by atoms with Crippen molar-refractivity contribution in [1.82, 2.24) is 24.9 Å². The Morgan fingerprint density at radius 2 is 1.96 bits per heavy atom. The highest BCUT2D eigenvalue weighted by molar-refractivity contribution is 5.99. The van der Waals surface area contributed by atoms with Crippen molar-refractivity contribution in [2.24, 2.45) is 7.05 Å². The Morgan fingerprint density at radius 3 is 2.54 bits per heavy atom. The second-order valence-corrected chi connectivity index (χ2v) is 6.69. The minimum atomic E-state index is -0.144. The first-order chi connectivity index (χ1) is 11.3. The van der Waals surface area contributed by atoms with Crippen LogP contribution in [0.4, 0.5) is 0 Å². The van der Waals surface area contributed by atoms with E-state index in [0.717, 1.165) is 5.69 Å². The molecule has 1 aromatic heterocycles. The fourth-order valence-corrected chi connectivity index (χ4v) is 3.76. The highest BCUT2D eigenvalue weighted by atomic mass is 16.2. The quantitative estimate of drug-likeness (QED) is 0.798. The molecule has 0 aliphatic carbocycles. The Morgan fingerprint density at radius 1 is 1.25 bits per heavy atom. The zero-order chi connectivity index (χ0) is 17.6. The van der Waals surface area contributed by atoms with Crippen LogP contribution in [0.25, 0.3) is 0 Å². The third kappa shape index (κ3) is 2.76. The van der Waals surface area contributed by atoms with Crippen molar-refractivity contribution in [3.63, 3.8) is 0 Å². The molecule has 2 fully saturated rings. The summed E-state index contributed by atoms with van der Waals surface area (Å²) in [6.45, 7) is 6.23. The van der Waals surface area contributed by atoms with Gasteiger partial charge in [0.05, 0.1) is 17.3 Å². The molecule has 2 aliphatic heterocycles. The van der Waals surface area contributed by atoms with E-state index in [0.29, 0.717) is 30.8 Å². The van der Waals surface area contributed by atoms with E-state index in [9.17, 15) is 14.4 Å². The van der Waals surface area contributed by atoms with E-state index in [-0.39, 0.29) is 36.3 Å². The molecule has 0 bridgehead atoms. The molecule has 24 heavy (non-hydrogen) atoms. The van der Waals surface area contributed by atoms with Gasteiger partial charge in [-0.2, -0.15) is 5.10 Å². The zero-order valence-corrected chi connectivity index (χ0v) is 14.5. The molecule has 2 atom stereocenters. The van der Waals surface area contributed by atoms with Gasteiger partial charge in [-0.3, -0.25) is 19.1 Å². The topological polar surface area (TPSA) is 87.5 Å². The summed E-state index contributed by atoms with van der Waals surface area (Å²) in [6, 6.07) is -0.0716. The minimum absolute atomic E-state index is 0.0339. The second kappa shape index (κ2) is 5.92. The van der Waals surface area contributed by atoms with Gasteiger partial charge in [-0.1, -0.05) is 0 Å². The first-order valence-electron chi connectivity index (χ1n) is 8.14. The maximum Gasteiger partial charge on any atom is 0.258 e. The number of piperazine rings is 1. The van der Waals surface area contributed by atoms with E-state index < -0.39 is 0 Å². The molecule has 3 heterocycles. The molecule has 2 saturated heterocycles. The van der Waals surface area contributed by atoms with Gasteiger partial charge in [0, 0.05) is 38.8 Å². The Kier molecular flexibility index (Phi) is 4.06. The van der Waals surface area contributed by atoms with Crippen LogP contribution in [0.5, 0.6) is 0 Å². The van der Waals surface area contributed by atoms with E-state index >= 15 is 0 Å². The molecule has 0 saturated carbocycles. The van der Waals surface area contributed by atoms with Crippen LogP contribution in [0.15, 0.2) is 0 Å². The van der Waals surface area contributed by atoms with Gasteiger partial charge < -0.3 is 15.1 Å². The van der Waals surface area contributed by atoms with Crippen molar-refractivity contribution in [1.29, 1.82) is 0 Å². The first kappa shape index (κ1) is 16.5. The number of carbonyl (C=O) groups is 3. The van der Waals surface area contributed by atoms with Crippen molar-refractivity contribution < 1.29 is 14.4 Å². The molecule has 2 aliphatic rings. The van der Waals surface area contributed by atoms with Crippen LogP contribution in [0.1, 0.15) is 35.1 Å². The smallest absolute Gasteiger partial charge is 0.258 e. The zero-order valence-electron chi connectivity index (χ0n) is 14.5. The number of hydrogen-bond acceptors (Lipinski definition) is 4. The highest BCUT2D eigenvalue weighted by Crippen LogP contribution is 2.25. The molecular weight excluding hydrogens is 310 g/mol. The van der Waals surface area contributed by atoms with Crippen molar-refractivity contribution in [3.05, 3.63) is 17.0 Å². The molecule has 8 nitrogen and oxygen atoms in total. The summed E-state index contributed by atoms with van der Waals surface area (Å²) in [5, 5.41) is 7.15. The lowest BCUT2D eigenvalue weighted by Gasteiger charge is -2.36. The SMILES string of the molecule is CC(=O)N[C@H]1C[C@H]2CN(C(=O)c3c(C)nn(C)c3C)CC(=O)N2C1. The van der Waals surface area contributed by atoms with Crippen LogP contribution in [0.2, 0.25) is 0 Å². The molecule has 0 unspecified atom stereocenters. The van der Waals surface area contributed by atoms with Crippen molar-refractivity contribution >= 4 is 17.7 Å². The lowest BCUT2D eigenvalue weighted by atomic mass is 10.1. The normalized spacial score (nSPS) is 23.4. The van der Waals surface area contributed by atoms with Gasteiger partial charge in [-0.25, -0.2) is 0 Å². The van der Waals surface area contributed by atoms with Gasteiger partial charge in [-0.05, 0) is 20.3 Å². The third-order valence-electron chi connectivity index (χ3n) is 4.91. The average molecular weight is 333 g/mol. The molecule has 1 aromatic rings. The predicted octanol–water partition coefficient (Wildman–Crippen LogP) is -0.402. The van der Waals surface area contributed by atoms with Crippen molar-refractivity contribution in [2.45, 2.75) is 39.3 Å². The lowest BCUT2D eigenvalue weighted by Crippen LogP contribution is -2.55. The van der Waals surface area contributed by atoms with Gasteiger partial charge in [0.1, 0.15) is 6.54 Å². The van der Waals surface area contributed by atoms with E-state index in [1.807, 2.05) is 6.92 Å². The molecule has 0 spiro atoms. The van der Waals surface area contributed by atoms with Gasteiger partial charge in [-0.15, -0.1) is 0 Å². The van der Waals surface area contributed by atoms with Gasteiger partial charge >= 0.3 is 0 Å². The van der Waals surface area contributed by atoms with Gasteiger partial charge in [0.2, 0.25) is 11.8 Å². The summed E-state index contributed by atoms with van der Waals surface area (Å²) < 4.78 is 1.68. The first-order valence-corrected chi connectivity index (χ1v) is 8.14. The number of hydrogen-bond donors (Lipinski definition) is 1. The van der Waals surface area contributed by atoms with Gasteiger partial charge in [0.15, 0.2) is 0 Å². The second-order valence-electron chi connectivity index (χ2n) is 6.69. The van der Waals surface area contributed by atoms with Crippen LogP contribution in [0.3, 0.4) is 0 Å². The number of amides is 3. The molecule has 3 rings (SSSR count). The number of fused-ring (bicyclic) bond motifs is 1. The summed E-state index contributed by atoms with van der Waals surface area (Å²) >= 11 is 0. The van der Waals surface area contributed by atoms with E-state index in [2.05, 4.69) is 10.4 Å². The molecule has 130 valence electrons. The van der Waals surface area contributed by atoms with Crippen LogP contribution < -0.4 is 5.32 Å². The van der Waals surface area contributed by atoms with E-state index in [4.69, 9.17) is 0 Å². The average Bonchev–Trinajstić information content (AvgIpc) is 2.99. The van der Waals surface area contributed by atoms with E-state index in [1.54, 1.807) is 28.5 Å². The summed E-state index contributed by atoms with van der Waals surface area (Å²) in [4.78, 5) is 39.9. The molecule has 0 radical (unpaired) electrons. The van der Waals surface area contributed by atoms with Gasteiger partial charge in [0.25, 0.3) is 5.91 Å². The number of nitrogens with zero attached hydrogens (tertiary/aromatic N) is 4.